The molecule has 0 aliphatic heterocycles. The van der Waals surface area contributed by atoms with Crippen molar-refractivity contribution in [3.63, 3.8) is 0 Å². The first kappa shape index (κ1) is 11.9. The second-order valence-corrected chi connectivity index (χ2v) is 4.00. The Morgan fingerprint density at radius 2 is 2.35 bits per heavy atom. The lowest BCUT2D eigenvalue weighted by molar-refractivity contribution is 0.484. The zero-order chi connectivity index (χ0) is 12.1. The Hall–Kier alpha value is -1.55. The number of aryl methyl sites for hydroxylation is 1. The van der Waals surface area contributed by atoms with Crippen LogP contribution in [0.25, 0.3) is 0 Å². The van der Waals surface area contributed by atoms with Crippen LogP contribution in [0.2, 0.25) is 0 Å². The molecule has 2 aromatic heterocycles. The first-order valence-electron chi connectivity index (χ1n) is 6.13. The molecule has 2 N–H and O–H groups in total. The number of nitrogens with one attached hydrogen (secondary N) is 2. The van der Waals surface area contributed by atoms with Crippen LogP contribution in [0.4, 0.5) is 0 Å². The molecule has 2 aromatic rings. The highest BCUT2D eigenvalue weighted by atomic mass is 16.3. The molecule has 0 saturated heterocycles. The third kappa shape index (κ3) is 2.77. The molecule has 0 aliphatic rings. The zero-order valence-corrected chi connectivity index (χ0v) is 10.4. The van der Waals surface area contributed by atoms with Crippen molar-refractivity contribution in [2.24, 2.45) is 0 Å². The van der Waals surface area contributed by atoms with Gasteiger partial charge >= 0.3 is 0 Å². The zero-order valence-electron chi connectivity index (χ0n) is 10.4. The minimum absolute atomic E-state index is 0.264. The van der Waals surface area contributed by atoms with Crippen LogP contribution in [0, 0.1) is 0 Å². The van der Waals surface area contributed by atoms with E-state index in [0.29, 0.717) is 0 Å². The van der Waals surface area contributed by atoms with Gasteiger partial charge in [-0.15, -0.1) is 0 Å². The summed E-state index contributed by atoms with van der Waals surface area (Å²) in [6, 6.07) is 2.31. The van der Waals surface area contributed by atoms with E-state index in [2.05, 4.69) is 35.2 Å². The highest BCUT2D eigenvalue weighted by Crippen LogP contribution is 2.22. The van der Waals surface area contributed by atoms with Gasteiger partial charge in [0.05, 0.1) is 6.26 Å². The lowest BCUT2D eigenvalue weighted by Gasteiger charge is -2.16. The van der Waals surface area contributed by atoms with Gasteiger partial charge in [0.25, 0.3) is 0 Å². The predicted molar refractivity (Wildman–Crippen MR) is 66.8 cm³/mol. The molecule has 0 spiro atoms. The molecule has 0 fully saturated rings. The van der Waals surface area contributed by atoms with Crippen molar-refractivity contribution in [2.45, 2.75) is 32.7 Å². The van der Waals surface area contributed by atoms with E-state index in [9.17, 15) is 0 Å². The van der Waals surface area contributed by atoms with Crippen LogP contribution in [-0.2, 0) is 12.8 Å². The summed E-state index contributed by atoms with van der Waals surface area (Å²) in [5.74, 6) is 2.06. The third-order valence-electron chi connectivity index (χ3n) is 2.88. The van der Waals surface area contributed by atoms with E-state index in [-0.39, 0.29) is 6.04 Å². The van der Waals surface area contributed by atoms with Gasteiger partial charge in [-0.2, -0.15) is 0 Å². The quantitative estimate of drug-likeness (QED) is 0.805. The Labute approximate surface area is 101 Å². The number of hydrogen-bond acceptors (Lipinski definition) is 3. The van der Waals surface area contributed by atoms with Crippen LogP contribution >= 0.6 is 0 Å². The molecule has 4 heteroatoms. The first-order valence-corrected chi connectivity index (χ1v) is 6.13. The van der Waals surface area contributed by atoms with E-state index in [4.69, 9.17) is 4.42 Å². The van der Waals surface area contributed by atoms with Gasteiger partial charge in [0.15, 0.2) is 0 Å². The number of likely N-dealkylation sites (N-methyl/N-ethyl adjacent to an activating group) is 1. The minimum atomic E-state index is 0.264. The number of aromatic amines is 1. The van der Waals surface area contributed by atoms with Gasteiger partial charge in [-0.3, -0.25) is 0 Å². The standard InChI is InChI=1S/C13H19N3O/c1-3-12-10(5-8-17-12)11(14-4-2)9-13-15-6-7-16-13/h5-8,11,14H,3-4,9H2,1-2H3,(H,15,16). The lowest BCUT2D eigenvalue weighted by Crippen LogP contribution is -2.23. The smallest absolute Gasteiger partial charge is 0.108 e. The summed E-state index contributed by atoms with van der Waals surface area (Å²) >= 11 is 0. The Kier molecular flexibility index (Phi) is 3.98. The Balaban J connectivity index is 2.16. The molecule has 2 rings (SSSR count). The lowest BCUT2D eigenvalue weighted by atomic mass is 10.0. The Bertz CT molecular complexity index is 433. The molecule has 0 aliphatic carbocycles. The minimum Gasteiger partial charge on any atom is -0.469 e. The van der Waals surface area contributed by atoms with Crippen molar-refractivity contribution >= 4 is 0 Å². The molecule has 0 bridgehead atoms. The monoisotopic (exact) mass is 233 g/mol. The van der Waals surface area contributed by atoms with Crippen LogP contribution in [0.5, 0.6) is 0 Å². The Morgan fingerprint density at radius 1 is 1.47 bits per heavy atom. The number of furan rings is 1. The normalized spacial score (nSPS) is 12.8. The van der Waals surface area contributed by atoms with Gasteiger partial charge in [0.2, 0.25) is 0 Å². The molecule has 0 aromatic carbocycles. The Morgan fingerprint density at radius 3 is 3.00 bits per heavy atom. The first-order chi connectivity index (χ1) is 8.35. The number of H-pyrrole nitrogens is 1. The molecule has 4 nitrogen and oxygen atoms in total. The van der Waals surface area contributed by atoms with Gasteiger partial charge in [-0.1, -0.05) is 13.8 Å². The van der Waals surface area contributed by atoms with Gasteiger partial charge in [0, 0.05) is 36.8 Å². The molecule has 92 valence electrons. The van der Waals surface area contributed by atoms with Gasteiger partial charge < -0.3 is 14.7 Å². The van der Waals surface area contributed by atoms with Crippen LogP contribution in [-0.4, -0.2) is 16.5 Å². The third-order valence-corrected chi connectivity index (χ3v) is 2.88. The number of hydrogen-bond donors (Lipinski definition) is 2. The van der Waals surface area contributed by atoms with Crippen LogP contribution < -0.4 is 5.32 Å². The molecular weight excluding hydrogens is 214 g/mol. The summed E-state index contributed by atoms with van der Waals surface area (Å²) in [5, 5.41) is 3.48. The number of rotatable bonds is 6. The maximum Gasteiger partial charge on any atom is 0.108 e. The SMILES string of the molecule is CCNC(Cc1ncc[nH]1)c1ccoc1CC. The molecule has 0 radical (unpaired) electrons. The van der Waals surface area contributed by atoms with Crippen molar-refractivity contribution in [3.8, 4) is 0 Å². The van der Waals surface area contributed by atoms with Crippen molar-refractivity contribution in [2.75, 3.05) is 6.54 Å². The van der Waals surface area contributed by atoms with E-state index in [1.54, 1.807) is 12.5 Å². The van der Waals surface area contributed by atoms with E-state index < -0.39 is 0 Å². The van der Waals surface area contributed by atoms with Crippen LogP contribution in [0.15, 0.2) is 29.1 Å². The molecule has 1 unspecified atom stereocenters. The number of imidazole rings is 1. The maximum atomic E-state index is 5.49. The molecule has 0 saturated carbocycles. The van der Waals surface area contributed by atoms with Crippen molar-refractivity contribution in [1.82, 2.24) is 15.3 Å². The highest BCUT2D eigenvalue weighted by Gasteiger charge is 2.17. The van der Waals surface area contributed by atoms with E-state index in [1.165, 1.54) is 5.56 Å². The van der Waals surface area contributed by atoms with Gasteiger partial charge in [0.1, 0.15) is 11.6 Å². The topological polar surface area (TPSA) is 53.9 Å². The van der Waals surface area contributed by atoms with Gasteiger partial charge in [-0.05, 0) is 12.6 Å². The second-order valence-electron chi connectivity index (χ2n) is 4.00. The molecule has 17 heavy (non-hydrogen) atoms. The second kappa shape index (κ2) is 5.68. The predicted octanol–water partition coefficient (Wildman–Crippen LogP) is 2.46. The van der Waals surface area contributed by atoms with E-state index in [0.717, 1.165) is 31.0 Å². The fourth-order valence-electron chi connectivity index (χ4n) is 2.09. The molecular formula is C13H19N3O. The van der Waals surface area contributed by atoms with Crippen LogP contribution in [0.1, 0.15) is 37.0 Å². The maximum absolute atomic E-state index is 5.49. The largest absolute Gasteiger partial charge is 0.469 e. The molecule has 2 heterocycles. The summed E-state index contributed by atoms with van der Waals surface area (Å²) < 4.78 is 5.49. The summed E-state index contributed by atoms with van der Waals surface area (Å²) in [6.45, 7) is 5.15. The highest BCUT2D eigenvalue weighted by molar-refractivity contribution is 5.22. The summed E-state index contributed by atoms with van der Waals surface area (Å²) in [6.07, 6.45) is 7.18. The summed E-state index contributed by atoms with van der Waals surface area (Å²) in [4.78, 5) is 7.42. The van der Waals surface area contributed by atoms with E-state index in [1.807, 2.05) is 6.20 Å². The van der Waals surface area contributed by atoms with E-state index >= 15 is 0 Å². The van der Waals surface area contributed by atoms with Crippen molar-refractivity contribution < 1.29 is 4.42 Å². The number of aromatic nitrogens is 2. The fraction of sp³-hybridized carbons (Fsp3) is 0.462. The summed E-state index contributed by atoms with van der Waals surface area (Å²) in [5.41, 5.74) is 1.24. The van der Waals surface area contributed by atoms with Crippen molar-refractivity contribution in [1.29, 1.82) is 0 Å². The average molecular weight is 233 g/mol. The molecule has 1 atom stereocenters. The fourth-order valence-corrected chi connectivity index (χ4v) is 2.09. The summed E-state index contributed by atoms with van der Waals surface area (Å²) in [7, 11) is 0. The van der Waals surface area contributed by atoms with Crippen molar-refractivity contribution in [3.05, 3.63) is 41.9 Å². The number of nitrogens with zero attached hydrogens (tertiary/aromatic N) is 1. The van der Waals surface area contributed by atoms with Gasteiger partial charge in [-0.25, -0.2) is 4.98 Å². The average Bonchev–Trinajstić information content (AvgIpc) is 2.98. The van der Waals surface area contributed by atoms with Crippen LogP contribution in [0.3, 0.4) is 0 Å². The molecule has 0 amide bonds.